The van der Waals surface area contributed by atoms with Gasteiger partial charge < -0.3 is 20.1 Å². The lowest BCUT2D eigenvalue weighted by Gasteiger charge is -2.40. The summed E-state index contributed by atoms with van der Waals surface area (Å²) >= 11 is 6.05. The molecule has 0 radical (unpaired) electrons. The summed E-state index contributed by atoms with van der Waals surface area (Å²) in [6.07, 6.45) is 4.39. The Morgan fingerprint density at radius 2 is 1.72 bits per heavy atom. The van der Waals surface area contributed by atoms with Gasteiger partial charge in [-0.15, -0.1) is 5.10 Å². The summed E-state index contributed by atoms with van der Waals surface area (Å²) in [7, 11) is 0. The third-order valence-corrected chi connectivity index (χ3v) is 9.20. The normalized spacial score (nSPS) is 17.7. The van der Waals surface area contributed by atoms with E-state index in [1.54, 1.807) is 4.52 Å². The second kappa shape index (κ2) is 12.2. The maximum Gasteiger partial charge on any atom is 0.247 e. The number of carbonyl (C=O) groups excluding carboxylic acids is 1. The molecule has 2 aliphatic rings. The lowest BCUT2D eigenvalue weighted by molar-refractivity contribution is -0.0129. The molecular weight excluding hydrogens is 564 g/mol. The van der Waals surface area contributed by atoms with E-state index in [-0.39, 0.29) is 11.3 Å². The Labute approximate surface area is 257 Å². The highest BCUT2D eigenvalue weighted by molar-refractivity contribution is 6.30. The molecule has 2 fully saturated rings. The van der Waals surface area contributed by atoms with Crippen molar-refractivity contribution >= 4 is 40.4 Å². The van der Waals surface area contributed by atoms with E-state index in [0.29, 0.717) is 48.9 Å². The first-order valence-electron chi connectivity index (χ1n) is 15.0. The number of anilines is 3. The molecule has 0 saturated carbocycles. The van der Waals surface area contributed by atoms with Gasteiger partial charge in [0, 0.05) is 60.6 Å². The largest absolute Gasteiger partial charge is 0.385 e. The summed E-state index contributed by atoms with van der Waals surface area (Å²) in [6, 6.07) is 19.0. The van der Waals surface area contributed by atoms with Crippen molar-refractivity contribution in [2.45, 2.75) is 50.7 Å². The van der Waals surface area contributed by atoms with Gasteiger partial charge in [0.2, 0.25) is 5.95 Å². The summed E-state index contributed by atoms with van der Waals surface area (Å²) < 4.78 is 7.25. The van der Waals surface area contributed by atoms with Gasteiger partial charge in [0.1, 0.15) is 0 Å². The molecule has 2 aliphatic heterocycles. The Morgan fingerprint density at radius 1 is 1.02 bits per heavy atom. The van der Waals surface area contributed by atoms with Gasteiger partial charge in [-0.25, -0.2) is 4.52 Å². The van der Waals surface area contributed by atoms with Crippen LogP contribution in [0.2, 0.25) is 5.02 Å². The van der Waals surface area contributed by atoms with Crippen LogP contribution in [0.3, 0.4) is 0 Å². The number of hydrogen-bond acceptors (Lipinski definition) is 8. The Kier molecular flexibility index (Phi) is 8.42. The number of hydrogen-bond donors (Lipinski definition) is 2. The average Bonchev–Trinajstić information content (AvgIpc) is 3.44. The smallest absolute Gasteiger partial charge is 0.247 e. The zero-order valence-corrected chi connectivity index (χ0v) is 25.6. The van der Waals surface area contributed by atoms with Gasteiger partial charge in [-0.2, -0.15) is 4.98 Å². The molecule has 0 aliphatic carbocycles. The van der Waals surface area contributed by atoms with E-state index in [4.69, 9.17) is 21.3 Å². The number of benzene rings is 2. The number of fused-ring (bicyclic) bond motifs is 1. The van der Waals surface area contributed by atoms with Crippen LogP contribution in [0.4, 0.5) is 17.3 Å². The first-order chi connectivity index (χ1) is 20.7. The molecule has 226 valence electrons. The second-order valence-corrected chi connectivity index (χ2v) is 12.6. The molecule has 0 atom stereocenters. The predicted molar refractivity (Wildman–Crippen MR) is 170 cm³/mol. The highest BCUT2D eigenvalue weighted by atomic mass is 35.5. The van der Waals surface area contributed by atoms with Crippen LogP contribution in [0, 0.1) is 0 Å². The number of aliphatic hydroxyl groups is 1. The Hall–Kier alpha value is -3.50. The summed E-state index contributed by atoms with van der Waals surface area (Å²) in [5.41, 5.74) is 3.22. The molecule has 2 N–H and O–H groups in total. The number of halogens is 1. The van der Waals surface area contributed by atoms with Crippen molar-refractivity contribution in [2.24, 2.45) is 0 Å². The number of ether oxygens (including phenoxy) is 1. The predicted octanol–water partition coefficient (Wildman–Crippen LogP) is 5.69. The molecule has 0 bridgehead atoms. The quantitative estimate of drug-likeness (QED) is 0.236. The van der Waals surface area contributed by atoms with Crippen LogP contribution in [-0.4, -0.2) is 75.3 Å². The molecule has 9 nitrogen and oxygen atoms in total. The number of carbonyl (C=O) groups is 1. The van der Waals surface area contributed by atoms with Crippen LogP contribution in [0.5, 0.6) is 0 Å². The van der Waals surface area contributed by atoms with Crippen molar-refractivity contribution in [3.63, 3.8) is 0 Å². The number of morpholine rings is 1. The maximum atomic E-state index is 13.0. The minimum absolute atomic E-state index is 0.0410. The van der Waals surface area contributed by atoms with Crippen LogP contribution in [0.1, 0.15) is 55.5 Å². The van der Waals surface area contributed by atoms with Crippen molar-refractivity contribution < 1.29 is 14.6 Å². The highest BCUT2D eigenvalue weighted by Gasteiger charge is 2.35. The first-order valence-corrected chi connectivity index (χ1v) is 15.4. The lowest BCUT2D eigenvalue weighted by atomic mass is 9.84. The van der Waals surface area contributed by atoms with Crippen LogP contribution >= 0.6 is 11.6 Å². The number of ketones is 1. The summed E-state index contributed by atoms with van der Waals surface area (Å²) in [6.45, 7) is 9.11. The molecule has 2 aromatic heterocycles. The van der Waals surface area contributed by atoms with Crippen LogP contribution in [-0.2, 0) is 10.3 Å². The van der Waals surface area contributed by atoms with Gasteiger partial charge in [0.25, 0.3) is 0 Å². The number of nitrogens with one attached hydrogen (secondary N) is 1. The second-order valence-electron chi connectivity index (χ2n) is 12.2. The summed E-state index contributed by atoms with van der Waals surface area (Å²) in [4.78, 5) is 22.4. The minimum atomic E-state index is -0.876. The molecule has 0 spiro atoms. The van der Waals surface area contributed by atoms with Crippen molar-refractivity contribution in [3.8, 4) is 0 Å². The summed E-state index contributed by atoms with van der Waals surface area (Å²) in [5.74, 6) is 0.626. The number of pyridine rings is 1. The van der Waals surface area contributed by atoms with Crippen LogP contribution in [0.15, 0.2) is 66.9 Å². The summed E-state index contributed by atoms with van der Waals surface area (Å²) in [5, 5.41) is 19.9. The van der Waals surface area contributed by atoms with Crippen molar-refractivity contribution in [2.75, 3.05) is 49.6 Å². The number of nitrogens with zero attached hydrogens (tertiary/aromatic N) is 5. The number of rotatable bonds is 9. The molecule has 6 rings (SSSR count). The highest BCUT2D eigenvalue weighted by Crippen LogP contribution is 2.36. The van der Waals surface area contributed by atoms with Crippen molar-refractivity contribution in [1.29, 1.82) is 0 Å². The maximum absolute atomic E-state index is 13.0. The molecule has 2 aromatic carbocycles. The lowest BCUT2D eigenvalue weighted by Crippen LogP contribution is -2.50. The van der Waals surface area contributed by atoms with Gasteiger partial charge >= 0.3 is 0 Å². The fourth-order valence-electron chi connectivity index (χ4n) is 6.12. The number of piperidine rings is 1. The van der Waals surface area contributed by atoms with E-state index in [2.05, 4.69) is 34.1 Å². The number of aromatic nitrogens is 3. The molecule has 4 heterocycles. The zero-order chi connectivity index (χ0) is 30.0. The third-order valence-electron chi connectivity index (χ3n) is 8.95. The molecular formula is C33H39ClN6O3. The molecule has 4 aromatic rings. The van der Waals surface area contributed by atoms with Gasteiger partial charge in [-0.05, 0) is 87.2 Å². The molecule has 0 unspecified atom stereocenters. The van der Waals surface area contributed by atoms with Gasteiger partial charge in [-0.1, -0.05) is 23.7 Å². The van der Waals surface area contributed by atoms with E-state index in [1.807, 2.05) is 66.9 Å². The monoisotopic (exact) mass is 602 g/mol. The van der Waals surface area contributed by atoms with Gasteiger partial charge in [0.05, 0.1) is 24.5 Å². The van der Waals surface area contributed by atoms with Crippen molar-refractivity contribution in [3.05, 3.63) is 83.0 Å². The van der Waals surface area contributed by atoms with E-state index >= 15 is 0 Å². The van der Waals surface area contributed by atoms with Crippen LogP contribution < -0.4 is 10.2 Å². The first kappa shape index (κ1) is 29.6. The Balaban J connectivity index is 1.08. The van der Waals surface area contributed by atoms with E-state index < -0.39 is 5.60 Å². The topological polar surface area (TPSA) is 95.2 Å². The molecule has 10 heteroatoms. The Morgan fingerprint density at radius 3 is 2.42 bits per heavy atom. The molecule has 43 heavy (non-hydrogen) atoms. The van der Waals surface area contributed by atoms with E-state index in [9.17, 15) is 9.90 Å². The fourth-order valence-corrected chi connectivity index (χ4v) is 6.24. The average molecular weight is 603 g/mol. The van der Waals surface area contributed by atoms with Crippen molar-refractivity contribution in [1.82, 2.24) is 19.5 Å². The van der Waals surface area contributed by atoms with Crippen LogP contribution in [0.25, 0.3) is 5.65 Å². The van der Waals surface area contributed by atoms with E-state index in [0.717, 1.165) is 55.3 Å². The SMILES string of the molecule is CC(C)(CCC(=O)c1ccc(Nc2nc3c(N4CCC(O)(c5ccc(Cl)cc5)CC4)cccn3n2)cc1)N1CCOCC1. The number of Topliss-reactive ketones (excluding diaryl/α,β-unsaturated/α-hetero) is 1. The minimum Gasteiger partial charge on any atom is -0.385 e. The van der Waals surface area contributed by atoms with E-state index in [1.165, 1.54) is 0 Å². The standard InChI is InChI=1S/C33H39ClN6O3/c1-32(2,39-20-22-43-23-21-39)14-13-29(41)24-5-11-27(12-6-24)35-31-36-30-28(4-3-17-40(30)37-31)38-18-15-33(42,16-19-38)25-7-9-26(34)10-8-25/h3-12,17,42H,13-16,18-23H2,1-2H3,(H,35,37). The molecule has 2 saturated heterocycles. The zero-order valence-electron chi connectivity index (χ0n) is 24.8. The van der Waals surface area contributed by atoms with Gasteiger partial charge in [-0.3, -0.25) is 9.69 Å². The fraction of sp³-hybridized carbons (Fsp3) is 0.424. The van der Waals surface area contributed by atoms with Gasteiger partial charge in [0.15, 0.2) is 11.4 Å². The Bertz CT molecular complexity index is 1560. The third kappa shape index (κ3) is 6.55. The molecule has 0 amide bonds.